The highest BCUT2D eigenvalue weighted by Gasteiger charge is 2.28. The number of nitrogens with zero attached hydrogens (tertiary/aromatic N) is 1. The van der Waals surface area contributed by atoms with Crippen LogP contribution in [0.2, 0.25) is 0 Å². The van der Waals surface area contributed by atoms with Crippen LogP contribution in [-0.2, 0) is 9.63 Å². The molecule has 0 unspecified atom stereocenters. The second-order valence-corrected chi connectivity index (χ2v) is 5.47. The first-order valence-corrected chi connectivity index (χ1v) is 7.43. The largest absolute Gasteiger partial charge is 0.382 e. The van der Waals surface area contributed by atoms with Crippen LogP contribution in [0.15, 0.2) is 53.7 Å². The highest BCUT2D eigenvalue weighted by atomic mass is 19.1. The van der Waals surface area contributed by atoms with Crippen molar-refractivity contribution in [1.29, 1.82) is 0 Å². The monoisotopic (exact) mass is 326 g/mol. The smallest absolute Gasteiger partial charge is 0.268 e. The minimum Gasteiger partial charge on any atom is -0.382 e. The van der Waals surface area contributed by atoms with E-state index in [1.54, 1.807) is 36.4 Å². The van der Waals surface area contributed by atoms with Gasteiger partial charge in [0.05, 0.1) is 5.71 Å². The number of carbonyl (C=O) groups excluding carboxylic acids is 2. The fourth-order valence-corrected chi connectivity index (χ4v) is 2.34. The maximum atomic E-state index is 12.9. The standard InChI is InChI=1S/C18H15FN2O3/c1-11(22)12-4-8-15(9-5-12)20-18(23)17-10-16(21-24-17)13-2-6-14(19)7-3-13/h2-9,17H,10H2,1H3,(H,20,23)/t17-/m0/s1. The Morgan fingerprint density at radius 2 is 1.79 bits per heavy atom. The molecule has 1 aliphatic rings. The minimum absolute atomic E-state index is 0.0376. The van der Waals surface area contributed by atoms with E-state index in [1.165, 1.54) is 19.1 Å². The van der Waals surface area contributed by atoms with E-state index in [0.717, 1.165) is 5.56 Å². The number of amides is 1. The third-order valence-corrected chi connectivity index (χ3v) is 3.70. The number of halogens is 1. The summed E-state index contributed by atoms with van der Waals surface area (Å²) in [6.07, 6.45) is -0.430. The van der Waals surface area contributed by atoms with Crippen LogP contribution in [0.25, 0.3) is 0 Å². The molecule has 6 heteroatoms. The molecule has 1 N–H and O–H groups in total. The van der Waals surface area contributed by atoms with Crippen LogP contribution in [0.3, 0.4) is 0 Å². The molecule has 0 aromatic heterocycles. The van der Waals surface area contributed by atoms with E-state index in [-0.39, 0.29) is 17.5 Å². The number of Topliss-reactive ketones (excluding diaryl/α,β-unsaturated/α-hetero) is 1. The highest BCUT2D eigenvalue weighted by Crippen LogP contribution is 2.19. The van der Waals surface area contributed by atoms with Gasteiger partial charge in [-0.15, -0.1) is 0 Å². The van der Waals surface area contributed by atoms with Crippen LogP contribution in [0.1, 0.15) is 29.3 Å². The first kappa shape index (κ1) is 15.9. The van der Waals surface area contributed by atoms with Crippen molar-refractivity contribution in [2.24, 2.45) is 5.16 Å². The zero-order valence-corrected chi connectivity index (χ0v) is 13.0. The molecular weight excluding hydrogens is 311 g/mol. The predicted molar refractivity (Wildman–Crippen MR) is 87.5 cm³/mol. The fourth-order valence-electron chi connectivity index (χ4n) is 2.34. The molecule has 1 amide bonds. The van der Waals surface area contributed by atoms with Gasteiger partial charge in [-0.2, -0.15) is 0 Å². The lowest BCUT2D eigenvalue weighted by molar-refractivity contribution is -0.125. The number of oxime groups is 1. The zero-order valence-electron chi connectivity index (χ0n) is 13.0. The van der Waals surface area contributed by atoms with Gasteiger partial charge in [0.2, 0.25) is 6.10 Å². The Labute approximate surface area is 138 Å². The molecular formula is C18H15FN2O3. The number of benzene rings is 2. The number of hydrogen-bond donors (Lipinski definition) is 1. The van der Waals surface area contributed by atoms with Crippen LogP contribution in [0.5, 0.6) is 0 Å². The topological polar surface area (TPSA) is 67.8 Å². The summed E-state index contributed by atoms with van der Waals surface area (Å²) in [7, 11) is 0. The Hall–Kier alpha value is -3.02. The average molecular weight is 326 g/mol. The molecule has 0 saturated heterocycles. The number of nitrogens with one attached hydrogen (secondary N) is 1. The maximum absolute atomic E-state index is 12.9. The number of ketones is 1. The van der Waals surface area contributed by atoms with Gasteiger partial charge in [-0.05, 0) is 48.9 Å². The fraction of sp³-hybridized carbons (Fsp3) is 0.167. The highest BCUT2D eigenvalue weighted by molar-refractivity contribution is 6.06. The van der Waals surface area contributed by atoms with E-state index in [4.69, 9.17) is 4.84 Å². The summed E-state index contributed by atoms with van der Waals surface area (Å²) in [4.78, 5) is 28.6. The molecule has 1 aliphatic heterocycles. The van der Waals surface area contributed by atoms with Crippen LogP contribution in [0.4, 0.5) is 10.1 Å². The van der Waals surface area contributed by atoms with Crippen molar-refractivity contribution in [2.75, 3.05) is 5.32 Å². The molecule has 122 valence electrons. The van der Waals surface area contributed by atoms with Gasteiger partial charge in [0, 0.05) is 17.7 Å². The number of anilines is 1. The molecule has 0 saturated carbocycles. The lowest BCUT2D eigenvalue weighted by Crippen LogP contribution is -2.28. The number of hydrogen-bond acceptors (Lipinski definition) is 4. The minimum atomic E-state index is -0.738. The van der Waals surface area contributed by atoms with E-state index in [2.05, 4.69) is 10.5 Å². The van der Waals surface area contributed by atoms with Gasteiger partial charge in [0.25, 0.3) is 5.91 Å². The van der Waals surface area contributed by atoms with Crippen LogP contribution < -0.4 is 5.32 Å². The van der Waals surface area contributed by atoms with Crippen LogP contribution >= 0.6 is 0 Å². The van der Waals surface area contributed by atoms with E-state index >= 15 is 0 Å². The SMILES string of the molecule is CC(=O)c1ccc(NC(=O)[C@@H]2CC(c3ccc(F)cc3)=NO2)cc1. The second kappa shape index (κ2) is 6.62. The van der Waals surface area contributed by atoms with Gasteiger partial charge in [-0.1, -0.05) is 17.3 Å². The van der Waals surface area contributed by atoms with Crippen molar-refractivity contribution < 1.29 is 18.8 Å². The lowest BCUT2D eigenvalue weighted by atomic mass is 10.0. The summed E-state index contributed by atoms with van der Waals surface area (Å²) in [5.41, 5.74) is 2.47. The Balaban J connectivity index is 1.61. The molecule has 1 atom stereocenters. The predicted octanol–water partition coefficient (Wildman–Crippen LogP) is 3.16. The Kier molecular flexibility index (Phi) is 4.37. The molecule has 0 bridgehead atoms. The molecule has 2 aromatic carbocycles. The van der Waals surface area contributed by atoms with Crippen molar-refractivity contribution in [1.82, 2.24) is 0 Å². The molecule has 0 radical (unpaired) electrons. The Morgan fingerprint density at radius 1 is 1.12 bits per heavy atom. The maximum Gasteiger partial charge on any atom is 0.268 e. The molecule has 24 heavy (non-hydrogen) atoms. The summed E-state index contributed by atoms with van der Waals surface area (Å²) >= 11 is 0. The van der Waals surface area contributed by atoms with Crippen LogP contribution in [-0.4, -0.2) is 23.5 Å². The van der Waals surface area contributed by atoms with E-state index in [0.29, 0.717) is 23.4 Å². The summed E-state index contributed by atoms with van der Waals surface area (Å²) in [5, 5.41) is 6.63. The van der Waals surface area contributed by atoms with Crippen molar-refractivity contribution >= 4 is 23.1 Å². The van der Waals surface area contributed by atoms with Gasteiger partial charge in [-0.25, -0.2) is 4.39 Å². The number of carbonyl (C=O) groups is 2. The first-order chi connectivity index (χ1) is 11.5. The summed E-state index contributed by atoms with van der Waals surface area (Å²) in [6.45, 7) is 1.48. The van der Waals surface area contributed by atoms with Gasteiger partial charge in [-0.3, -0.25) is 9.59 Å². The third kappa shape index (κ3) is 3.48. The van der Waals surface area contributed by atoms with Gasteiger partial charge in [0.1, 0.15) is 5.82 Å². The average Bonchev–Trinajstić information content (AvgIpc) is 3.06. The molecule has 1 heterocycles. The molecule has 0 aliphatic carbocycles. The molecule has 3 rings (SSSR count). The van der Waals surface area contributed by atoms with Crippen molar-refractivity contribution in [3.05, 3.63) is 65.5 Å². The Morgan fingerprint density at radius 3 is 2.42 bits per heavy atom. The summed E-state index contributed by atoms with van der Waals surface area (Å²) in [6, 6.07) is 12.5. The summed E-state index contributed by atoms with van der Waals surface area (Å²) < 4.78 is 12.9. The number of rotatable bonds is 4. The van der Waals surface area contributed by atoms with Crippen molar-refractivity contribution in [3.8, 4) is 0 Å². The van der Waals surface area contributed by atoms with Crippen LogP contribution in [0, 0.1) is 5.82 Å². The van der Waals surface area contributed by atoms with Gasteiger partial charge >= 0.3 is 0 Å². The molecule has 5 nitrogen and oxygen atoms in total. The van der Waals surface area contributed by atoms with Crippen molar-refractivity contribution in [2.45, 2.75) is 19.4 Å². The normalized spacial score (nSPS) is 16.2. The van der Waals surface area contributed by atoms with E-state index < -0.39 is 6.10 Å². The molecule has 0 fully saturated rings. The lowest BCUT2D eigenvalue weighted by Gasteiger charge is -2.09. The quantitative estimate of drug-likeness (QED) is 0.878. The van der Waals surface area contributed by atoms with Crippen molar-refractivity contribution in [3.63, 3.8) is 0 Å². The van der Waals surface area contributed by atoms with Gasteiger partial charge in [0.15, 0.2) is 5.78 Å². The molecule has 2 aromatic rings. The molecule has 0 spiro atoms. The van der Waals surface area contributed by atoms with E-state index in [1.807, 2.05) is 0 Å². The van der Waals surface area contributed by atoms with E-state index in [9.17, 15) is 14.0 Å². The van der Waals surface area contributed by atoms with Gasteiger partial charge < -0.3 is 10.2 Å². The summed E-state index contributed by atoms with van der Waals surface area (Å²) in [5.74, 6) is -0.697. The second-order valence-electron chi connectivity index (χ2n) is 5.47. The first-order valence-electron chi connectivity index (χ1n) is 7.43. The third-order valence-electron chi connectivity index (χ3n) is 3.70. The Bertz CT molecular complexity index is 798. The zero-order chi connectivity index (χ0) is 17.1.